The Kier molecular flexibility index (Phi) is 5.11. The number of Topliss-reactive ketones (excluding diaryl/α,β-unsaturated/α-hetero) is 1. The van der Waals surface area contributed by atoms with Gasteiger partial charge >= 0.3 is 6.18 Å². The van der Waals surface area contributed by atoms with Crippen LogP contribution >= 0.6 is 0 Å². The molecule has 0 bridgehead atoms. The molecule has 1 heterocycles. The molecule has 0 atom stereocenters. The lowest BCUT2D eigenvalue weighted by Crippen LogP contribution is -2.12. The molecule has 0 spiro atoms. The maximum atomic E-state index is 12.5. The number of hydrogen-bond acceptors (Lipinski definition) is 3. The molecule has 2 aromatic rings. The molecule has 1 aromatic carbocycles. The number of nitrogens with one attached hydrogen (secondary N) is 1. The van der Waals surface area contributed by atoms with Gasteiger partial charge < -0.3 is 9.73 Å². The van der Waals surface area contributed by atoms with Crippen molar-refractivity contribution in [2.24, 2.45) is 0 Å². The number of benzene rings is 1. The summed E-state index contributed by atoms with van der Waals surface area (Å²) >= 11 is 0. The Balaban J connectivity index is 1.92. The first-order chi connectivity index (χ1) is 11.2. The SMILES string of the molecule is CC(=O)c1cc(CCC(=O)Nc2ccc(C(F)(F)F)cc2)oc1C. The fourth-order valence-corrected chi connectivity index (χ4v) is 2.22. The number of alkyl halides is 3. The number of aryl methyl sites for hydroxylation is 2. The predicted octanol–water partition coefficient (Wildman–Crippen LogP) is 4.38. The highest BCUT2D eigenvalue weighted by Crippen LogP contribution is 2.29. The third-order valence-corrected chi connectivity index (χ3v) is 3.44. The second kappa shape index (κ2) is 6.90. The Morgan fingerprint density at radius 2 is 1.79 bits per heavy atom. The van der Waals surface area contributed by atoms with Crippen LogP contribution in [0.5, 0.6) is 0 Å². The van der Waals surface area contributed by atoms with Gasteiger partial charge in [0.25, 0.3) is 0 Å². The average Bonchev–Trinajstić information content (AvgIpc) is 2.86. The van der Waals surface area contributed by atoms with Crippen LogP contribution in [0.25, 0.3) is 0 Å². The van der Waals surface area contributed by atoms with Gasteiger partial charge in [-0.1, -0.05) is 0 Å². The van der Waals surface area contributed by atoms with Crippen molar-refractivity contribution in [2.75, 3.05) is 5.32 Å². The summed E-state index contributed by atoms with van der Waals surface area (Å²) in [5.41, 5.74) is -0.00970. The summed E-state index contributed by atoms with van der Waals surface area (Å²) in [6, 6.07) is 5.82. The number of rotatable bonds is 5. The molecule has 0 unspecified atom stereocenters. The van der Waals surface area contributed by atoms with E-state index in [0.29, 0.717) is 23.5 Å². The topological polar surface area (TPSA) is 59.3 Å². The number of amides is 1. The second-order valence-electron chi connectivity index (χ2n) is 5.36. The molecule has 0 saturated carbocycles. The summed E-state index contributed by atoms with van der Waals surface area (Å²) in [4.78, 5) is 23.2. The van der Waals surface area contributed by atoms with Crippen molar-refractivity contribution in [3.8, 4) is 0 Å². The minimum Gasteiger partial charge on any atom is -0.466 e. The molecule has 1 N–H and O–H groups in total. The van der Waals surface area contributed by atoms with Crippen molar-refractivity contribution in [3.63, 3.8) is 0 Å². The van der Waals surface area contributed by atoms with Crippen molar-refractivity contribution in [1.29, 1.82) is 0 Å². The van der Waals surface area contributed by atoms with Gasteiger partial charge in [-0.15, -0.1) is 0 Å². The molecular formula is C17H16F3NO3. The molecule has 24 heavy (non-hydrogen) atoms. The average molecular weight is 339 g/mol. The summed E-state index contributed by atoms with van der Waals surface area (Å²) in [7, 11) is 0. The fourth-order valence-electron chi connectivity index (χ4n) is 2.22. The van der Waals surface area contributed by atoms with Crippen LogP contribution in [0, 0.1) is 6.92 Å². The van der Waals surface area contributed by atoms with Crippen LogP contribution in [-0.2, 0) is 17.4 Å². The predicted molar refractivity (Wildman–Crippen MR) is 81.8 cm³/mol. The monoisotopic (exact) mass is 339 g/mol. The number of carbonyl (C=O) groups is 2. The summed E-state index contributed by atoms with van der Waals surface area (Å²) in [6.45, 7) is 3.10. The van der Waals surface area contributed by atoms with Crippen molar-refractivity contribution >= 4 is 17.4 Å². The Morgan fingerprint density at radius 3 is 2.29 bits per heavy atom. The zero-order valence-electron chi connectivity index (χ0n) is 13.2. The molecule has 4 nitrogen and oxygen atoms in total. The molecule has 1 amide bonds. The molecule has 7 heteroatoms. The standard InChI is InChI=1S/C17H16F3NO3/c1-10(22)15-9-14(24-11(15)2)7-8-16(23)21-13-5-3-12(4-6-13)17(18,19)20/h3-6,9H,7-8H2,1-2H3,(H,21,23). The number of carbonyl (C=O) groups excluding carboxylic acids is 2. The first kappa shape index (κ1) is 17.8. The van der Waals surface area contributed by atoms with Gasteiger partial charge in [0.15, 0.2) is 5.78 Å². The maximum absolute atomic E-state index is 12.5. The van der Waals surface area contributed by atoms with Crippen molar-refractivity contribution in [3.05, 3.63) is 53.0 Å². The number of hydrogen-bond donors (Lipinski definition) is 1. The summed E-state index contributed by atoms with van der Waals surface area (Å²) < 4.78 is 42.8. The first-order valence-corrected chi connectivity index (χ1v) is 7.24. The van der Waals surface area contributed by atoms with E-state index in [1.54, 1.807) is 13.0 Å². The zero-order valence-corrected chi connectivity index (χ0v) is 13.2. The van der Waals surface area contributed by atoms with Crippen molar-refractivity contribution in [2.45, 2.75) is 32.9 Å². The van der Waals surface area contributed by atoms with Crippen molar-refractivity contribution < 1.29 is 27.2 Å². The highest BCUT2D eigenvalue weighted by Gasteiger charge is 2.29. The molecule has 0 radical (unpaired) electrons. The van der Waals surface area contributed by atoms with Gasteiger partial charge in [-0.05, 0) is 44.2 Å². The van der Waals surface area contributed by atoms with Crippen LogP contribution in [0.3, 0.4) is 0 Å². The Labute approximate surface area is 136 Å². The van der Waals surface area contributed by atoms with Gasteiger partial charge in [0, 0.05) is 18.5 Å². The van der Waals surface area contributed by atoms with Crippen LogP contribution in [0.2, 0.25) is 0 Å². The molecule has 128 valence electrons. The first-order valence-electron chi connectivity index (χ1n) is 7.24. The molecule has 0 aliphatic carbocycles. The van der Waals surface area contributed by atoms with Crippen LogP contribution in [0.15, 0.2) is 34.7 Å². The second-order valence-corrected chi connectivity index (χ2v) is 5.36. The van der Waals surface area contributed by atoms with E-state index in [-0.39, 0.29) is 23.8 Å². The van der Waals surface area contributed by atoms with Crippen LogP contribution in [0.4, 0.5) is 18.9 Å². The maximum Gasteiger partial charge on any atom is 0.416 e. The van der Waals surface area contributed by atoms with E-state index in [1.165, 1.54) is 19.1 Å². The van der Waals surface area contributed by atoms with Crippen LogP contribution in [-0.4, -0.2) is 11.7 Å². The normalized spacial score (nSPS) is 11.4. The molecule has 0 aliphatic rings. The van der Waals surface area contributed by atoms with Gasteiger partial charge in [-0.2, -0.15) is 13.2 Å². The molecule has 0 aliphatic heterocycles. The quantitative estimate of drug-likeness (QED) is 0.823. The van der Waals surface area contributed by atoms with Gasteiger partial charge in [-0.3, -0.25) is 9.59 Å². The third kappa shape index (κ3) is 4.47. The van der Waals surface area contributed by atoms with E-state index >= 15 is 0 Å². The van der Waals surface area contributed by atoms with E-state index in [0.717, 1.165) is 12.1 Å². The van der Waals surface area contributed by atoms with Crippen LogP contribution < -0.4 is 5.32 Å². The highest BCUT2D eigenvalue weighted by atomic mass is 19.4. The Morgan fingerprint density at radius 1 is 1.17 bits per heavy atom. The fraction of sp³-hybridized carbons (Fsp3) is 0.294. The van der Waals surface area contributed by atoms with E-state index in [4.69, 9.17) is 4.42 Å². The van der Waals surface area contributed by atoms with Gasteiger partial charge in [0.2, 0.25) is 5.91 Å². The number of anilines is 1. The van der Waals surface area contributed by atoms with Gasteiger partial charge in [0.05, 0.1) is 11.1 Å². The lowest BCUT2D eigenvalue weighted by molar-refractivity contribution is -0.137. The minimum absolute atomic E-state index is 0.0886. The Bertz CT molecular complexity index is 745. The minimum atomic E-state index is -4.41. The lowest BCUT2D eigenvalue weighted by atomic mass is 10.1. The largest absolute Gasteiger partial charge is 0.466 e. The van der Waals surface area contributed by atoms with Crippen molar-refractivity contribution in [1.82, 2.24) is 0 Å². The zero-order chi connectivity index (χ0) is 17.9. The number of furan rings is 1. The van der Waals surface area contributed by atoms with E-state index in [9.17, 15) is 22.8 Å². The van der Waals surface area contributed by atoms with E-state index in [1.807, 2.05) is 0 Å². The molecule has 0 saturated heterocycles. The highest BCUT2D eigenvalue weighted by molar-refractivity contribution is 5.95. The van der Waals surface area contributed by atoms with Crippen LogP contribution in [0.1, 0.15) is 40.8 Å². The molecule has 1 aromatic heterocycles. The summed E-state index contributed by atoms with van der Waals surface area (Å²) in [6.07, 6.45) is -4.03. The summed E-state index contributed by atoms with van der Waals surface area (Å²) in [5.74, 6) is 0.547. The third-order valence-electron chi connectivity index (χ3n) is 3.44. The number of halogens is 3. The molecule has 0 fully saturated rings. The lowest BCUT2D eigenvalue weighted by Gasteiger charge is -2.08. The summed E-state index contributed by atoms with van der Waals surface area (Å²) in [5, 5.41) is 2.52. The van der Waals surface area contributed by atoms with E-state index < -0.39 is 11.7 Å². The van der Waals surface area contributed by atoms with Gasteiger partial charge in [-0.25, -0.2) is 0 Å². The van der Waals surface area contributed by atoms with Gasteiger partial charge in [0.1, 0.15) is 11.5 Å². The van der Waals surface area contributed by atoms with E-state index in [2.05, 4.69) is 5.32 Å². The Hall–Kier alpha value is -2.57. The number of ketones is 1. The molecular weight excluding hydrogens is 323 g/mol. The molecule has 2 rings (SSSR count). The smallest absolute Gasteiger partial charge is 0.416 e.